The number of nitrogens with zero attached hydrogens (tertiary/aromatic N) is 1. The van der Waals surface area contributed by atoms with Crippen LogP contribution in [-0.2, 0) is 21.4 Å². The quantitative estimate of drug-likeness (QED) is 0.751. The Hall–Kier alpha value is -2.38. The van der Waals surface area contributed by atoms with Gasteiger partial charge in [0.1, 0.15) is 5.75 Å². The number of nitrogens with one attached hydrogen (secondary N) is 1. The van der Waals surface area contributed by atoms with Crippen molar-refractivity contribution in [2.75, 3.05) is 25.2 Å². The van der Waals surface area contributed by atoms with Gasteiger partial charge in [-0.05, 0) is 37.1 Å². The van der Waals surface area contributed by atoms with E-state index in [2.05, 4.69) is 5.32 Å². The van der Waals surface area contributed by atoms with Crippen molar-refractivity contribution in [2.45, 2.75) is 26.8 Å². The number of amides is 1. The maximum atomic E-state index is 12.3. The van der Waals surface area contributed by atoms with Crippen LogP contribution in [0.1, 0.15) is 23.1 Å². The molecule has 7 heteroatoms. The molecule has 0 fully saturated rings. The van der Waals surface area contributed by atoms with Crippen molar-refractivity contribution in [1.82, 2.24) is 4.31 Å². The Morgan fingerprint density at radius 1 is 1.07 bits per heavy atom. The summed E-state index contributed by atoms with van der Waals surface area (Å²) in [5.41, 5.74) is 3.55. The Morgan fingerprint density at radius 3 is 2.30 bits per heavy atom. The lowest BCUT2D eigenvalue weighted by Gasteiger charge is -2.20. The molecule has 2 aromatic rings. The minimum atomic E-state index is -3.43. The van der Waals surface area contributed by atoms with E-state index in [0.717, 1.165) is 22.9 Å². The van der Waals surface area contributed by atoms with Crippen LogP contribution in [0.5, 0.6) is 5.75 Å². The summed E-state index contributed by atoms with van der Waals surface area (Å²) in [6.45, 7) is 4.23. The normalized spacial score (nSPS) is 11.4. The van der Waals surface area contributed by atoms with Crippen molar-refractivity contribution in [3.63, 3.8) is 0 Å². The number of benzene rings is 2. The van der Waals surface area contributed by atoms with Gasteiger partial charge in [-0.15, -0.1) is 0 Å². The molecule has 0 saturated heterocycles. The smallest absolute Gasteiger partial charge is 0.225 e. The van der Waals surface area contributed by atoms with Gasteiger partial charge in [0.05, 0.1) is 19.1 Å². The molecule has 0 aromatic heterocycles. The van der Waals surface area contributed by atoms with Gasteiger partial charge in [-0.1, -0.05) is 35.9 Å². The first-order valence-corrected chi connectivity index (χ1v) is 10.5. The molecule has 0 radical (unpaired) electrons. The van der Waals surface area contributed by atoms with Crippen LogP contribution in [0.3, 0.4) is 0 Å². The van der Waals surface area contributed by atoms with E-state index < -0.39 is 10.0 Å². The molecular weight excluding hydrogens is 364 g/mol. The van der Waals surface area contributed by atoms with E-state index >= 15 is 0 Å². The van der Waals surface area contributed by atoms with E-state index in [1.165, 1.54) is 11.4 Å². The molecule has 0 aliphatic heterocycles. The Labute approximate surface area is 161 Å². The predicted octanol–water partition coefficient (Wildman–Crippen LogP) is 3.10. The summed E-state index contributed by atoms with van der Waals surface area (Å²) in [5, 5.41) is 2.79. The zero-order chi connectivity index (χ0) is 20.0. The Bertz CT molecular complexity index is 893. The summed E-state index contributed by atoms with van der Waals surface area (Å²) in [6, 6.07) is 13.2. The van der Waals surface area contributed by atoms with Gasteiger partial charge in [-0.2, -0.15) is 4.31 Å². The number of hydrogen-bond donors (Lipinski definition) is 1. The second kappa shape index (κ2) is 9.01. The van der Waals surface area contributed by atoms with E-state index in [9.17, 15) is 13.2 Å². The van der Waals surface area contributed by atoms with Gasteiger partial charge in [0.15, 0.2) is 0 Å². The number of carbonyl (C=O) groups is 1. The summed E-state index contributed by atoms with van der Waals surface area (Å²) < 4.78 is 30.7. The van der Waals surface area contributed by atoms with Crippen LogP contribution in [0.4, 0.5) is 5.69 Å². The SMILES string of the molecule is COc1ccc(C)cc1NC(=O)CCN(Cc1ccc(C)cc1)S(C)(=O)=O. The first-order chi connectivity index (χ1) is 12.7. The number of carbonyl (C=O) groups excluding carboxylic acids is 1. The van der Waals surface area contributed by atoms with Gasteiger partial charge in [-0.25, -0.2) is 8.42 Å². The van der Waals surface area contributed by atoms with E-state index in [4.69, 9.17) is 4.74 Å². The van der Waals surface area contributed by atoms with Crippen LogP contribution in [0, 0.1) is 13.8 Å². The summed E-state index contributed by atoms with van der Waals surface area (Å²) in [6.07, 6.45) is 1.21. The highest BCUT2D eigenvalue weighted by Crippen LogP contribution is 2.25. The predicted molar refractivity (Wildman–Crippen MR) is 107 cm³/mol. The maximum absolute atomic E-state index is 12.3. The first-order valence-electron chi connectivity index (χ1n) is 8.64. The van der Waals surface area contributed by atoms with Crippen molar-refractivity contribution < 1.29 is 17.9 Å². The molecule has 1 amide bonds. The molecule has 146 valence electrons. The van der Waals surface area contributed by atoms with Crippen LogP contribution >= 0.6 is 0 Å². The number of sulfonamides is 1. The van der Waals surface area contributed by atoms with E-state index in [0.29, 0.717) is 11.4 Å². The third-order valence-corrected chi connectivity index (χ3v) is 5.42. The number of ether oxygens (including phenoxy) is 1. The summed E-state index contributed by atoms with van der Waals surface area (Å²) in [7, 11) is -1.90. The lowest BCUT2D eigenvalue weighted by molar-refractivity contribution is -0.116. The number of anilines is 1. The topological polar surface area (TPSA) is 75.7 Å². The van der Waals surface area contributed by atoms with Crippen LogP contribution in [0.25, 0.3) is 0 Å². The fourth-order valence-electron chi connectivity index (χ4n) is 2.62. The van der Waals surface area contributed by atoms with E-state index in [-0.39, 0.29) is 25.4 Å². The second-order valence-corrected chi connectivity index (χ2v) is 8.57. The fourth-order valence-corrected chi connectivity index (χ4v) is 3.42. The standard InChI is InChI=1S/C20H26N2O4S/c1-15-5-8-17(9-6-15)14-22(27(4,24)25)12-11-20(23)21-18-13-16(2)7-10-19(18)26-3/h5-10,13H,11-12,14H2,1-4H3,(H,21,23). The highest BCUT2D eigenvalue weighted by atomic mass is 32.2. The number of hydrogen-bond acceptors (Lipinski definition) is 4. The Kier molecular flexibility index (Phi) is 6.98. The van der Waals surface area contributed by atoms with Crippen molar-refractivity contribution in [2.24, 2.45) is 0 Å². The van der Waals surface area contributed by atoms with Crippen LogP contribution in [0.2, 0.25) is 0 Å². The molecule has 0 heterocycles. The molecule has 0 aliphatic rings. The molecule has 2 aromatic carbocycles. The highest BCUT2D eigenvalue weighted by molar-refractivity contribution is 7.88. The molecule has 0 unspecified atom stereocenters. The molecule has 2 rings (SSSR count). The van der Waals surface area contributed by atoms with Gasteiger partial charge < -0.3 is 10.1 Å². The lowest BCUT2D eigenvalue weighted by atomic mass is 10.1. The molecule has 0 aliphatic carbocycles. The van der Waals surface area contributed by atoms with Crippen molar-refractivity contribution >= 4 is 21.6 Å². The van der Waals surface area contributed by atoms with Gasteiger partial charge in [0.25, 0.3) is 0 Å². The van der Waals surface area contributed by atoms with Gasteiger partial charge in [-0.3, -0.25) is 4.79 Å². The molecule has 27 heavy (non-hydrogen) atoms. The van der Waals surface area contributed by atoms with Crippen molar-refractivity contribution in [3.8, 4) is 5.75 Å². The Morgan fingerprint density at radius 2 is 1.70 bits per heavy atom. The summed E-state index contributed by atoms with van der Waals surface area (Å²) in [5.74, 6) is 0.296. The average Bonchev–Trinajstić information content (AvgIpc) is 2.59. The second-order valence-electron chi connectivity index (χ2n) is 6.58. The molecular formula is C20H26N2O4S. The molecule has 0 saturated carbocycles. The van der Waals surface area contributed by atoms with Gasteiger partial charge in [0.2, 0.25) is 15.9 Å². The molecule has 6 nitrogen and oxygen atoms in total. The van der Waals surface area contributed by atoms with Crippen molar-refractivity contribution in [1.29, 1.82) is 0 Å². The molecule has 0 atom stereocenters. The zero-order valence-corrected chi connectivity index (χ0v) is 17.0. The molecule has 1 N–H and O–H groups in total. The summed E-state index contributed by atoms with van der Waals surface area (Å²) >= 11 is 0. The van der Waals surface area contributed by atoms with Gasteiger partial charge >= 0.3 is 0 Å². The first kappa shape index (κ1) is 20.9. The number of methoxy groups -OCH3 is 1. The third kappa shape index (κ3) is 6.37. The highest BCUT2D eigenvalue weighted by Gasteiger charge is 2.19. The van der Waals surface area contributed by atoms with Crippen LogP contribution in [0.15, 0.2) is 42.5 Å². The molecule has 0 bridgehead atoms. The average molecular weight is 391 g/mol. The number of aryl methyl sites for hydroxylation is 2. The third-order valence-electron chi connectivity index (χ3n) is 4.17. The van der Waals surface area contributed by atoms with E-state index in [1.807, 2.05) is 50.2 Å². The maximum Gasteiger partial charge on any atom is 0.225 e. The largest absolute Gasteiger partial charge is 0.495 e. The zero-order valence-electron chi connectivity index (χ0n) is 16.2. The van der Waals surface area contributed by atoms with Crippen LogP contribution in [-0.4, -0.2) is 38.5 Å². The lowest BCUT2D eigenvalue weighted by Crippen LogP contribution is -2.32. The fraction of sp³-hybridized carbons (Fsp3) is 0.350. The van der Waals surface area contributed by atoms with E-state index in [1.54, 1.807) is 6.07 Å². The summed E-state index contributed by atoms with van der Waals surface area (Å²) in [4.78, 5) is 12.3. The number of rotatable bonds is 8. The minimum absolute atomic E-state index is 0.0516. The monoisotopic (exact) mass is 390 g/mol. The van der Waals surface area contributed by atoms with Crippen molar-refractivity contribution in [3.05, 3.63) is 59.2 Å². The minimum Gasteiger partial charge on any atom is -0.495 e. The van der Waals surface area contributed by atoms with Gasteiger partial charge in [0, 0.05) is 19.5 Å². The molecule has 0 spiro atoms. The van der Waals surface area contributed by atoms with Crippen LogP contribution < -0.4 is 10.1 Å². The Balaban J connectivity index is 2.03.